The molecule has 0 atom stereocenters. The van der Waals surface area contributed by atoms with Gasteiger partial charge in [-0.15, -0.1) is 11.8 Å². The molecule has 0 unspecified atom stereocenters. The van der Waals surface area contributed by atoms with E-state index in [2.05, 4.69) is 5.32 Å². The van der Waals surface area contributed by atoms with E-state index in [1.54, 1.807) is 39.8 Å². The predicted octanol–water partition coefficient (Wildman–Crippen LogP) is 2.47. The van der Waals surface area contributed by atoms with E-state index in [1.807, 2.05) is 18.4 Å². The minimum absolute atomic E-state index is 0.298. The Morgan fingerprint density at radius 2 is 1.76 bits per heavy atom. The molecule has 0 amide bonds. The van der Waals surface area contributed by atoms with Crippen molar-refractivity contribution in [1.82, 2.24) is 5.32 Å². The van der Waals surface area contributed by atoms with Crippen LogP contribution in [-0.4, -0.2) is 39.1 Å². The van der Waals surface area contributed by atoms with Gasteiger partial charge in [0, 0.05) is 11.4 Å². The Morgan fingerprint density at radius 3 is 2.24 bits per heavy atom. The van der Waals surface area contributed by atoms with E-state index in [0.717, 1.165) is 10.5 Å². The number of rotatable bonds is 7. The van der Waals surface area contributed by atoms with Gasteiger partial charge in [-0.1, -0.05) is 0 Å². The first kappa shape index (κ1) is 17.7. The van der Waals surface area contributed by atoms with Crippen LogP contribution in [0.15, 0.2) is 17.0 Å². The molecule has 1 aromatic carbocycles. The van der Waals surface area contributed by atoms with E-state index in [-0.39, 0.29) is 5.97 Å². The number of benzene rings is 1. The summed E-state index contributed by atoms with van der Waals surface area (Å²) in [6.07, 6.45) is 2.00. The maximum absolute atomic E-state index is 11.7. The number of carbonyl (C=O) groups excluding carboxylic acids is 1. The van der Waals surface area contributed by atoms with Gasteiger partial charge in [0.05, 0.1) is 21.3 Å². The highest BCUT2D eigenvalue weighted by atomic mass is 32.2. The fourth-order valence-corrected chi connectivity index (χ4v) is 2.49. The van der Waals surface area contributed by atoms with Crippen molar-refractivity contribution < 1.29 is 19.0 Å². The van der Waals surface area contributed by atoms with Gasteiger partial charge in [0.1, 0.15) is 5.54 Å². The monoisotopic (exact) mass is 313 g/mol. The molecule has 0 aliphatic rings. The molecule has 0 spiro atoms. The first-order valence-corrected chi connectivity index (χ1v) is 7.74. The summed E-state index contributed by atoms with van der Waals surface area (Å²) in [7, 11) is 4.60. The molecule has 6 heteroatoms. The zero-order chi connectivity index (χ0) is 16.0. The summed E-state index contributed by atoms with van der Waals surface area (Å²) < 4.78 is 15.4. The standard InChI is InChI=1S/C15H23NO4S/c1-15(2,14(17)20-5)16-9-10-7-11(18-3)12(19-4)8-13(10)21-6/h7-8,16H,9H2,1-6H3. The van der Waals surface area contributed by atoms with E-state index in [9.17, 15) is 4.79 Å². The van der Waals surface area contributed by atoms with Crippen molar-refractivity contribution in [2.24, 2.45) is 0 Å². The second kappa shape index (κ2) is 7.56. The van der Waals surface area contributed by atoms with E-state index >= 15 is 0 Å². The molecule has 0 bridgehead atoms. The van der Waals surface area contributed by atoms with Crippen LogP contribution in [0, 0.1) is 0 Å². The van der Waals surface area contributed by atoms with Crippen molar-refractivity contribution in [3.8, 4) is 11.5 Å². The number of esters is 1. The lowest BCUT2D eigenvalue weighted by Gasteiger charge is -2.24. The fraction of sp³-hybridized carbons (Fsp3) is 0.533. The van der Waals surface area contributed by atoms with Crippen LogP contribution in [0.25, 0.3) is 0 Å². The zero-order valence-corrected chi connectivity index (χ0v) is 14.2. The summed E-state index contributed by atoms with van der Waals surface area (Å²) >= 11 is 1.62. The molecule has 0 fully saturated rings. The molecule has 0 radical (unpaired) electrons. The highest BCUT2D eigenvalue weighted by Crippen LogP contribution is 2.34. The number of methoxy groups -OCH3 is 3. The molecule has 1 rings (SSSR count). The Hall–Kier alpha value is -1.40. The molecule has 5 nitrogen and oxygen atoms in total. The van der Waals surface area contributed by atoms with Crippen LogP contribution < -0.4 is 14.8 Å². The minimum Gasteiger partial charge on any atom is -0.493 e. The number of ether oxygens (including phenoxy) is 3. The smallest absolute Gasteiger partial charge is 0.325 e. The average molecular weight is 313 g/mol. The van der Waals surface area contributed by atoms with Crippen molar-refractivity contribution in [2.45, 2.75) is 30.8 Å². The van der Waals surface area contributed by atoms with Crippen molar-refractivity contribution >= 4 is 17.7 Å². The third kappa shape index (κ3) is 4.28. The van der Waals surface area contributed by atoms with Crippen LogP contribution >= 0.6 is 11.8 Å². The van der Waals surface area contributed by atoms with Crippen molar-refractivity contribution in [3.63, 3.8) is 0 Å². The zero-order valence-electron chi connectivity index (χ0n) is 13.4. The van der Waals surface area contributed by atoms with Crippen LogP contribution in [0.4, 0.5) is 0 Å². The van der Waals surface area contributed by atoms with Gasteiger partial charge in [-0.25, -0.2) is 0 Å². The summed E-state index contributed by atoms with van der Waals surface area (Å²) in [6, 6.07) is 3.86. The van der Waals surface area contributed by atoms with Gasteiger partial charge in [0.25, 0.3) is 0 Å². The number of hydrogen-bond acceptors (Lipinski definition) is 6. The van der Waals surface area contributed by atoms with Crippen LogP contribution in [0.2, 0.25) is 0 Å². The van der Waals surface area contributed by atoms with Gasteiger partial charge in [-0.05, 0) is 37.8 Å². The third-order valence-electron chi connectivity index (χ3n) is 3.20. The number of nitrogens with one attached hydrogen (secondary N) is 1. The average Bonchev–Trinajstić information content (AvgIpc) is 2.50. The normalized spacial score (nSPS) is 11.1. The highest BCUT2D eigenvalue weighted by molar-refractivity contribution is 7.98. The Kier molecular flexibility index (Phi) is 6.36. The molecule has 0 heterocycles. The molecule has 1 aromatic rings. The molecule has 0 aliphatic heterocycles. The van der Waals surface area contributed by atoms with Gasteiger partial charge < -0.3 is 14.2 Å². The summed E-state index contributed by atoms with van der Waals surface area (Å²) in [6.45, 7) is 4.11. The molecule has 0 aromatic heterocycles. The van der Waals surface area contributed by atoms with E-state index in [0.29, 0.717) is 18.0 Å². The van der Waals surface area contributed by atoms with Crippen molar-refractivity contribution in [1.29, 1.82) is 0 Å². The van der Waals surface area contributed by atoms with E-state index in [1.165, 1.54) is 7.11 Å². The quantitative estimate of drug-likeness (QED) is 0.616. The lowest BCUT2D eigenvalue weighted by molar-refractivity contribution is -0.147. The van der Waals surface area contributed by atoms with Crippen LogP contribution in [0.5, 0.6) is 11.5 Å². The first-order chi connectivity index (χ1) is 9.89. The highest BCUT2D eigenvalue weighted by Gasteiger charge is 2.28. The lowest BCUT2D eigenvalue weighted by Crippen LogP contribution is -2.47. The largest absolute Gasteiger partial charge is 0.493 e. The van der Waals surface area contributed by atoms with Crippen molar-refractivity contribution in [2.75, 3.05) is 27.6 Å². The maximum atomic E-state index is 11.7. The van der Waals surface area contributed by atoms with E-state index < -0.39 is 5.54 Å². The number of thioether (sulfide) groups is 1. The Balaban J connectivity index is 3.00. The van der Waals surface area contributed by atoms with Gasteiger partial charge in [-0.3, -0.25) is 10.1 Å². The first-order valence-electron chi connectivity index (χ1n) is 6.52. The summed E-state index contributed by atoms with van der Waals surface area (Å²) in [5, 5.41) is 3.21. The second-order valence-corrected chi connectivity index (χ2v) is 5.84. The number of carbonyl (C=O) groups is 1. The summed E-state index contributed by atoms with van der Waals surface area (Å²) in [5.41, 5.74) is 0.287. The topological polar surface area (TPSA) is 56.8 Å². The van der Waals surface area contributed by atoms with Gasteiger partial charge >= 0.3 is 5.97 Å². The summed E-state index contributed by atoms with van der Waals surface area (Å²) in [5.74, 6) is 1.06. The van der Waals surface area contributed by atoms with Gasteiger partial charge in [0.2, 0.25) is 0 Å². The lowest BCUT2D eigenvalue weighted by atomic mass is 10.1. The SMILES string of the molecule is COC(=O)C(C)(C)NCc1cc(OC)c(OC)cc1SC. The van der Waals surface area contributed by atoms with E-state index in [4.69, 9.17) is 14.2 Å². The second-order valence-electron chi connectivity index (χ2n) is 4.99. The number of hydrogen-bond donors (Lipinski definition) is 1. The Labute approximate surface area is 130 Å². The minimum atomic E-state index is -0.752. The van der Waals surface area contributed by atoms with Crippen LogP contribution in [0.3, 0.4) is 0 Å². The maximum Gasteiger partial charge on any atom is 0.325 e. The molecule has 0 aliphatic carbocycles. The Morgan fingerprint density at radius 1 is 1.19 bits per heavy atom. The van der Waals surface area contributed by atoms with Gasteiger partial charge in [-0.2, -0.15) is 0 Å². The molecule has 21 heavy (non-hydrogen) atoms. The van der Waals surface area contributed by atoms with Crippen LogP contribution in [0.1, 0.15) is 19.4 Å². The molecule has 1 N–H and O–H groups in total. The molecule has 0 saturated heterocycles. The predicted molar refractivity (Wildman–Crippen MR) is 84.3 cm³/mol. The van der Waals surface area contributed by atoms with Gasteiger partial charge in [0.15, 0.2) is 11.5 Å². The molecular weight excluding hydrogens is 290 g/mol. The Bertz CT molecular complexity index is 503. The van der Waals surface area contributed by atoms with Crippen molar-refractivity contribution in [3.05, 3.63) is 17.7 Å². The fourth-order valence-electron chi connectivity index (χ4n) is 1.87. The molecule has 0 saturated carbocycles. The van der Waals surface area contributed by atoms with Crippen LogP contribution in [-0.2, 0) is 16.1 Å². The third-order valence-corrected chi connectivity index (χ3v) is 4.02. The molecular formula is C15H23NO4S. The molecule has 118 valence electrons. The summed E-state index contributed by atoms with van der Waals surface area (Å²) in [4.78, 5) is 12.8.